The monoisotopic (exact) mass is 689 g/mol. The minimum atomic E-state index is 0.0975. The molecule has 6 aliphatic carbocycles. The third kappa shape index (κ3) is 4.55. The summed E-state index contributed by atoms with van der Waals surface area (Å²) in [5.41, 5.74) is 15.9. The number of rotatable bonds is 4. The third-order valence-corrected chi connectivity index (χ3v) is 15.1. The molecule has 0 saturated heterocycles. The Bertz CT molecular complexity index is 2400. The Kier molecular flexibility index (Phi) is 6.74. The highest BCUT2D eigenvalue weighted by atomic mass is 15.1. The SMILES string of the molecule is CC1(C)CCC(C)(C)c2cc(N(c3ccc4ccccc4c3)c3cc4c(cc3-c3ccccc3)-c3ccccc3C43C4CC5CC(C4)CC3C5)ccc21. The van der Waals surface area contributed by atoms with Crippen LogP contribution in [0.15, 0.2) is 127 Å². The first-order valence-corrected chi connectivity index (χ1v) is 20.5. The van der Waals surface area contributed by atoms with Gasteiger partial charge in [0.15, 0.2) is 0 Å². The maximum absolute atomic E-state index is 2.71. The first-order valence-electron chi connectivity index (χ1n) is 20.5. The molecule has 4 fully saturated rings. The van der Waals surface area contributed by atoms with Crippen LogP contribution in [0.2, 0.25) is 0 Å². The summed E-state index contributed by atoms with van der Waals surface area (Å²) in [6.07, 6.45) is 9.45. The highest BCUT2D eigenvalue weighted by Gasteiger charge is 2.61. The van der Waals surface area contributed by atoms with Crippen molar-refractivity contribution < 1.29 is 0 Å². The van der Waals surface area contributed by atoms with E-state index in [-0.39, 0.29) is 16.2 Å². The van der Waals surface area contributed by atoms with Gasteiger partial charge in [-0.2, -0.15) is 0 Å². The molecule has 0 amide bonds. The van der Waals surface area contributed by atoms with E-state index in [9.17, 15) is 0 Å². The summed E-state index contributed by atoms with van der Waals surface area (Å²) in [5.74, 6) is 3.27. The van der Waals surface area contributed by atoms with Gasteiger partial charge in [0.1, 0.15) is 0 Å². The average Bonchev–Trinajstić information content (AvgIpc) is 3.45. The van der Waals surface area contributed by atoms with E-state index in [2.05, 4.69) is 160 Å². The van der Waals surface area contributed by atoms with Crippen LogP contribution in [0.25, 0.3) is 33.0 Å². The molecule has 6 aromatic rings. The van der Waals surface area contributed by atoms with E-state index in [4.69, 9.17) is 0 Å². The second kappa shape index (κ2) is 11.2. The lowest BCUT2D eigenvalue weighted by Gasteiger charge is -2.61. The fraction of sp³-hybridized carbons (Fsp3) is 0.346. The van der Waals surface area contributed by atoms with E-state index in [1.807, 2.05) is 0 Å². The molecule has 0 radical (unpaired) electrons. The molecule has 1 spiro atoms. The molecule has 0 aliphatic heterocycles. The van der Waals surface area contributed by atoms with Crippen molar-refractivity contribution in [1.82, 2.24) is 0 Å². The van der Waals surface area contributed by atoms with E-state index >= 15 is 0 Å². The van der Waals surface area contributed by atoms with Crippen LogP contribution in [0.3, 0.4) is 0 Å². The molecule has 0 heterocycles. The smallest absolute Gasteiger partial charge is 0.0543 e. The van der Waals surface area contributed by atoms with Gasteiger partial charge >= 0.3 is 0 Å². The van der Waals surface area contributed by atoms with Crippen molar-refractivity contribution in [1.29, 1.82) is 0 Å². The van der Waals surface area contributed by atoms with Crippen LogP contribution in [-0.4, -0.2) is 0 Å². The van der Waals surface area contributed by atoms with Gasteiger partial charge in [-0.05, 0) is 166 Å². The zero-order chi connectivity index (χ0) is 35.7. The van der Waals surface area contributed by atoms with Crippen LogP contribution in [0.1, 0.15) is 94.9 Å². The zero-order valence-corrected chi connectivity index (χ0v) is 31.8. The number of hydrogen-bond acceptors (Lipinski definition) is 1. The molecule has 0 N–H and O–H groups in total. The minimum absolute atomic E-state index is 0.0975. The molecule has 4 bridgehead atoms. The number of benzene rings is 6. The van der Waals surface area contributed by atoms with Crippen molar-refractivity contribution >= 4 is 27.8 Å². The molecular weight excluding hydrogens is 639 g/mol. The fourth-order valence-electron chi connectivity index (χ4n) is 12.7. The summed E-state index contributed by atoms with van der Waals surface area (Å²) < 4.78 is 0. The van der Waals surface area contributed by atoms with E-state index in [0.717, 1.165) is 23.7 Å². The lowest BCUT2D eigenvalue weighted by Crippen LogP contribution is -2.55. The predicted octanol–water partition coefficient (Wildman–Crippen LogP) is 14.0. The summed E-state index contributed by atoms with van der Waals surface area (Å²) in [4.78, 5) is 2.64. The summed E-state index contributed by atoms with van der Waals surface area (Å²) in [5, 5.41) is 2.56. The van der Waals surface area contributed by atoms with Gasteiger partial charge in [0.05, 0.1) is 5.69 Å². The Hall–Kier alpha value is -4.62. The highest BCUT2D eigenvalue weighted by Crippen LogP contribution is 2.70. The molecule has 0 aromatic heterocycles. The molecule has 1 nitrogen and oxygen atoms in total. The van der Waals surface area contributed by atoms with Crippen molar-refractivity contribution in [3.63, 3.8) is 0 Å². The second-order valence-corrected chi connectivity index (χ2v) is 18.9. The topological polar surface area (TPSA) is 3.24 Å². The van der Waals surface area contributed by atoms with Gasteiger partial charge in [0.25, 0.3) is 0 Å². The van der Waals surface area contributed by atoms with E-state index in [0.29, 0.717) is 0 Å². The largest absolute Gasteiger partial charge is 0.310 e. The van der Waals surface area contributed by atoms with Crippen LogP contribution >= 0.6 is 0 Å². The molecule has 0 unspecified atom stereocenters. The number of nitrogens with zero attached hydrogens (tertiary/aromatic N) is 1. The summed E-state index contributed by atoms with van der Waals surface area (Å²) in [6, 6.07) is 49.6. The van der Waals surface area contributed by atoms with Crippen molar-refractivity contribution in [3.05, 3.63) is 150 Å². The summed E-state index contributed by atoms with van der Waals surface area (Å²) >= 11 is 0. The molecule has 6 aliphatic rings. The lowest BCUT2D eigenvalue weighted by molar-refractivity contribution is -0.0399. The van der Waals surface area contributed by atoms with E-state index in [1.54, 1.807) is 11.1 Å². The normalized spacial score (nSPS) is 26.7. The second-order valence-electron chi connectivity index (χ2n) is 18.9. The molecule has 1 heteroatoms. The minimum Gasteiger partial charge on any atom is -0.310 e. The van der Waals surface area contributed by atoms with Gasteiger partial charge in [-0.3, -0.25) is 0 Å². The maximum atomic E-state index is 2.71. The van der Waals surface area contributed by atoms with Crippen molar-refractivity contribution in [2.24, 2.45) is 23.7 Å². The van der Waals surface area contributed by atoms with Crippen LogP contribution < -0.4 is 4.90 Å². The van der Waals surface area contributed by atoms with Crippen molar-refractivity contribution in [3.8, 4) is 22.3 Å². The highest BCUT2D eigenvalue weighted by molar-refractivity contribution is 5.97. The Morgan fingerprint density at radius 3 is 1.83 bits per heavy atom. The summed E-state index contributed by atoms with van der Waals surface area (Å²) in [6.45, 7) is 9.81. The number of fused-ring (bicyclic) bond motifs is 5. The van der Waals surface area contributed by atoms with Gasteiger partial charge < -0.3 is 4.90 Å². The van der Waals surface area contributed by atoms with E-state index in [1.165, 1.54) is 106 Å². The van der Waals surface area contributed by atoms with Gasteiger partial charge in [-0.25, -0.2) is 0 Å². The van der Waals surface area contributed by atoms with Crippen LogP contribution in [0, 0.1) is 23.7 Å². The molecule has 53 heavy (non-hydrogen) atoms. The molecule has 0 atom stereocenters. The molecular formula is C52H51N. The number of anilines is 3. The first-order chi connectivity index (χ1) is 25.7. The standard InChI is InChI=1S/C52H51N/c1-50(2)22-23-51(3,4)48-30-41(20-21-46(48)50)53(40-19-18-35-12-8-9-15-37(35)29-40)49-32-47-44(31-43(49)36-13-6-5-7-14-36)42-16-10-11-17-45(42)52(47)38-25-33-24-34(27-38)28-39(52)26-33/h5-21,29-34,38-39H,22-28H2,1-4H3. The Morgan fingerprint density at radius 1 is 0.453 bits per heavy atom. The summed E-state index contributed by atoms with van der Waals surface area (Å²) in [7, 11) is 0. The molecule has 4 saturated carbocycles. The predicted molar refractivity (Wildman–Crippen MR) is 223 cm³/mol. The van der Waals surface area contributed by atoms with Crippen molar-refractivity contribution in [2.45, 2.75) is 88.9 Å². The molecule has 264 valence electrons. The van der Waals surface area contributed by atoms with Crippen LogP contribution in [0.5, 0.6) is 0 Å². The van der Waals surface area contributed by atoms with Crippen LogP contribution in [0.4, 0.5) is 17.1 Å². The first kappa shape index (κ1) is 31.9. The number of hydrogen-bond donors (Lipinski definition) is 0. The lowest BCUT2D eigenvalue weighted by atomic mass is 9.43. The van der Waals surface area contributed by atoms with Gasteiger partial charge in [0, 0.05) is 22.4 Å². The Labute approximate surface area is 316 Å². The Morgan fingerprint density at radius 2 is 1.08 bits per heavy atom. The van der Waals surface area contributed by atoms with Crippen molar-refractivity contribution in [2.75, 3.05) is 4.90 Å². The quantitative estimate of drug-likeness (QED) is 0.178. The van der Waals surface area contributed by atoms with Gasteiger partial charge in [-0.15, -0.1) is 0 Å². The molecule has 6 aromatic carbocycles. The Balaban J connectivity index is 1.22. The maximum Gasteiger partial charge on any atom is 0.0543 e. The van der Waals surface area contributed by atoms with Gasteiger partial charge in [-0.1, -0.05) is 119 Å². The fourth-order valence-corrected chi connectivity index (χ4v) is 12.7. The van der Waals surface area contributed by atoms with Crippen LogP contribution in [-0.2, 0) is 16.2 Å². The zero-order valence-electron chi connectivity index (χ0n) is 31.8. The van der Waals surface area contributed by atoms with E-state index < -0.39 is 0 Å². The average molecular weight is 690 g/mol. The third-order valence-electron chi connectivity index (χ3n) is 15.1. The van der Waals surface area contributed by atoms with Gasteiger partial charge in [0.2, 0.25) is 0 Å². The molecule has 12 rings (SSSR count).